The second-order valence-electron chi connectivity index (χ2n) is 5.06. The molecule has 0 radical (unpaired) electrons. The van der Waals surface area contributed by atoms with Gasteiger partial charge in [-0.05, 0) is 31.4 Å². The third kappa shape index (κ3) is 1.71. The summed E-state index contributed by atoms with van der Waals surface area (Å²) in [6, 6.07) is 6.07. The number of nitrogens with one attached hydrogen (secondary N) is 1. The van der Waals surface area contributed by atoms with E-state index in [0.29, 0.717) is 29.1 Å². The van der Waals surface area contributed by atoms with Gasteiger partial charge in [0.25, 0.3) is 0 Å². The zero-order valence-corrected chi connectivity index (χ0v) is 10.5. The molecule has 0 saturated carbocycles. The smallest absolute Gasteiger partial charge is 0.213 e. The molecule has 0 amide bonds. The Labute approximate surface area is 110 Å². The van der Waals surface area contributed by atoms with E-state index in [1.807, 2.05) is 6.07 Å². The van der Waals surface area contributed by atoms with Crippen molar-refractivity contribution in [3.8, 4) is 0 Å². The molecular formula is C13H14ClFN2O. The molecule has 0 aliphatic carbocycles. The van der Waals surface area contributed by atoms with Gasteiger partial charge in [0.1, 0.15) is 11.3 Å². The summed E-state index contributed by atoms with van der Waals surface area (Å²) < 4.78 is 18.8. The van der Waals surface area contributed by atoms with Gasteiger partial charge in [0.05, 0.1) is 0 Å². The number of halogens is 2. The van der Waals surface area contributed by atoms with Gasteiger partial charge in [-0.15, -0.1) is 12.4 Å². The Hall–Kier alpha value is -1.13. The van der Waals surface area contributed by atoms with Crippen LogP contribution in [-0.4, -0.2) is 17.1 Å². The Bertz CT molecular complexity index is 585. The van der Waals surface area contributed by atoms with Crippen molar-refractivity contribution >= 4 is 23.5 Å². The van der Waals surface area contributed by atoms with E-state index in [-0.39, 0.29) is 12.4 Å². The van der Waals surface area contributed by atoms with Gasteiger partial charge in [-0.3, -0.25) is 0 Å². The number of pyridine rings is 1. The van der Waals surface area contributed by atoms with Crippen LogP contribution in [0.25, 0.3) is 11.1 Å². The maximum atomic E-state index is 13.0. The Morgan fingerprint density at radius 3 is 2.94 bits per heavy atom. The van der Waals surface area contributed by atoms with Crippen LogP contribution in [0, 0.1) is 5.95 Å². The van der Waals surface area contributed by atoms with Crippen LogP contribution in [0.5, 0.6) is 0 Å². The van der Waals surface area contributed by atoms with Crippen molar-refractivity contribution < 1.29 is 8.81 Å². The number of aromatic nitrogens is 1. The number of rotatable bonds is 1. The molecule has 2 aliphatic heterocycles. The SMILES string of the molecule is Cl.Fc1ccc2oc(C3CC4CCC3N4)cc2n1. The van der Waals surface area contributed by atoms with Crippen LogP contribution in [0.4, 0.5) is 4.39 Å². The Morgan fingerprint density at radius 1 is 1.33 bits per heavy atom. The Balaban J connectivity index is 0.000001000. The molecule has 2 fully saturated rings. The Kier molecular flexibility index (Phi) is 2.79. The molecule has 2 saturated heterocycles. The largest absolute Gasteiger partial charge is 0.459 e. The molecule has 0 spiro atoms. The van der Waals surface area contributed by atoms with E-state index < -0.39 is 5.95 Å². The summed E-state index contributed by atoms with van der Waals surface area (Å²) in [5.41, 5.74) is 1.31. The molecule has 5 heteroatoms. The van der Waals surface area contributed by atoms with E-state index in [0.717, 1.165) is 12.2 Å². The minimum atomic E-state index is -0.448. The van der Waals surface area contributed by atoms with E-state index in [2.05, 4.69) is 10.3 Å². The van der Waals surface area contributed by atoms with Crippen molar-refractivity contribution in [3.05, 3.63) is 29.9 Å². The zero-order valence-electron chi connectivity index (χ0n) is 9.73. The minimum Gasteiger partial charge on any atom is -0.459 e. The lowest BCUT2D eigenvalue weighted by atomic mass is 9.87. The average Bonchev–Trinajstić information content (AvgIpc) is 3.01. The number of furan rings is 1. The molecule has 4 rings (SSSR count). The molecular weight excluding hydrogens is 255 g/mol. The molecule has 3 unspecified atom stereocenters. The van der Waals surface area contributed by atoms with E-state index in [4.69, 9.17) is 4.42 Å². The molecule has 1 N–H and O–H groups in total. The number of hydrogen-bond acceptors (Lipinski definition) is 3. The quantitative estimate of drug-likeness (QED) is 0.808. The highest BCUT2D eigenvalue weighted by Gasteiger charge is 2.41. The first-order valence-corrected chi connectivity index (χ1v) is 6.11. The zero-order chi connectivity index (χ0) is 11.4. The van der Waals surface area contributed by atoms with Gasteiger partial charge in [0, 0.05) is 24.1 Å². The predicted octanol–water partition coefficient (Wildman–Crippen LogP) is 3.00. The third-order valence-corrected chi connectivity index (χ3v) is 4.02. The molecule has 3 atom stereocenters. The van der Waals surface area contributed by atoms with Crippen LogP contribution in [0.1, 0.15) is 30.9 Å². The first-order chi connectivity index (χ1) is 8.29. The highest BCUT2D eigenvalue weighted by atomic mass is 35.5. The van der Waals surface area contributed by atoms with E-state index >= 15 is 0 Å². The van der Waals surface area contributed by atoms with Gasteiger partial charge in [-0.1, -0.05) is 0 Å². The van der Waals surface area contributed by atoms with Crippen molar-refractivity contribution in [1.29, 1.82) is 0 Å². The van der Waals surface area contributed by atoms with Crippen LogP contribution in [0.2, 0.25) is 0 Å². The summed E-state index contributed by atoms with van der Waals surface area (Å²) in [4.78, 5) is 3.85. The van der Waals surface area contributed by atoms with Crippen LogP contribution in [-0.2, 0) is 0 Å². The number of fused-ring (bicyclic) bond motifs is 3. The lowest BCUT2D eigenvalue weighted by molar-refractivity contribution is 0.422. The minimum absolute atomic E-state index is 0. The summed E-state index contributed by atoms with van der Waals surface area (Å²) in [5, 5.41) is 3.58. The molecule has 4 heterocycles. The predicted molar refractivity (Wildman–Crippen MR) is 68.5 cm³/mol. The fraction of sp³-hybridized carbons (Fsp3) is 0.462. The van der Waals surface area contributed by atoms with Crippen molar-refractivity contribution in [3.63, 3.8) is 0 Å². The first kappa shape index (κ1) is 11.9. The van der Waals surface area contributed by atoms with E-state index in [1.165, 1.54) is 18.9 Å². The summed E-state index contributed by atoms with van der Waals surface area (Å²) in [5.74, 6) is 0.944. The molecule has 96 valence electrons. The van der Waals surface area contributed by atoms with Gasteiger partial charge >= 0.3 is 0 Å². The third-order valence-electron chi connectivity index (χ3n) is 4.02. The standard InChI is InChI=1S/C13H13FN2O.ClH/c14-13-4-3-11-10(16-13)6-12(17-11)8-5-7-1-2-9(8)15-7;/h3-4,6-9,15H,1-2,5H2;1H. The van der Waals surface area contributed by atoms with Gasteiger partial charge in [0.15, 0.2) is 5.58 Å². The van der Waals surface area contributed by atoms with Gasteiger partial charge in [0.2, 0.25) is 5.95 Å². The summed E-state index contributed by atoms with van der Waals surface area (Å²) in [6.07, 6.45) is 3.62. The molecule has 2 aliphatic rings. The van der Waals surface area contributed by atoms with Gasteiger partial charge in [-0.2, -0.15) is 4.39 Å². The van der Waals surface area contributed by atoms with Gasteiger partial charge < -0.3 is 9.73 Å². The van der Waals surface area contributed by atoms with Crippen molar-refractivity contribution in [2.24, 2.45) is 0 Å². The molecule has 2 aromatic heterocycles. The van der Waals surface area contributed by atoms with E-state index in [1.54, 1.807) is 6.07 Å². The average molecular weight is 269 g/mol. The monoisotopic (exact) mass is 268 g/mol. The Morgan fingerprint density at radius 2 is 2.22 bits per heavy atom. The molecule has 18 heavy (non-hydrogen) atoms. The summed E-state index contributed by atoms with van der Waals surface area (Å²) in [6.45, 7) is 0. The van der Waals surface area contributed by atoms with E-state index in [9.17, 15) is 4.39 Å². The van der Waals surface area contributed by atoms with Crippen molar-refractivity contribution in [2.45, 2.75) is 37.3 Å². The number of hydrogen-bond donors (Lipinski definition) is 1. The highest BCUT2D eigenvalue weighted by Crippen LogP contribution is 2.41. The normalized spacial score (nSPS) is 29.7. The molecule has 2 aromatic rings. The topological polar surface area (TPSA) is 38.1 Å². The maximum absolute atomic E-state index is 13.0. The van der Waals surface area contributed by atoms with Crippen LogP contribution in [0.3, 0.4) is 0 Å². The summed E-state index contributed by atoms with van der Waals surface area (Å²) in [7, 11) is 0. The van der Waals surface area contributed by atoms with Crippen molar-refractivity contribution in [2.75, 3.05) is 0 Å². The second kappa shape index (κ2) is 4.21. The fourth-order valence-electron chi connectivity index (χ4n) is 3.24. The molecule has 3 nitrogen and oxygen atoms in total. The highest BCUT2D eigenvalue weighted by molar-refractivity contribution is 5.85. The van der Waals surface area contributed by atoms with Crippen LogP contribution < -0.4 is 5.32 Å². The lowest BCUT2D eigenvalue weighted by Crippen LogP contribution is -2.21. The first-order valence-electron chi connectivity index (χ1n) is 6.11. The second-order valence-corrected chi connectivity index (χ2v) is 5.06. The fourth-order valence-corrected chi connectivity index (χ4v) is 3.24. The van der Waals surface area contributed by atoms with Crippen LogP contribution >= 0.6 is 12.4 Å². The lowest BCUT2D eigenvalue weighted by Gasteiger charge is -2.17. The van der Waals surface area contributed by atoms with Crippen molar-refractivity contribution in [1.82, 2.24) is 10.3 Å². The number of nitrogens with zero attached hydrogens (tertiary/aromatic N) is 1. The van der Waals surface area contributed by atoms with Gasteiger partial charge in [-0.25, -0.2) is 4.98 Å². The molecule has 2 bridgehead atoms. The maximum Gasteiger partial charge on any atom is 0.213 e. The molecule has 0 aromatic carbocycles. The summed E-state index contributed by atoms with van der Waals surface area (Å²) >= 11 is 0. The van der Waals surface area contributed by atoms with Crippen LogP contribution in [0.15, 0.2) is 22.6 Å².